The predicted octanol–water partition coefficient (Wildman–Crippen LogP) is 2.58. The summed E-state index contributed by atoms with van der Waals surface area (Å²) in [5.74, 6) is 0.547. The van der Waals surface area contributed by atoms with Gasteiger partial charge in [0.2, 0.25) is 0 Å². The van der Waals surface area contributed by atoms with Crippen LogP contribution in [0.15, 0.2) is 47.2 Å². The summed E-state index contributed by atoms with van der Waals surface area (Å²) in [5.41, 5.74) is 2.18. The minimum Gasteiger partial charge on any atom is -0.508 e. The van der Waals surface area contributed by atoms with E-state index in [1.165, 1.54) is 12.2 Å². The smallest absolute Gasteiger partial charge is 0.182 e. The second-order valence-electron chi connectivity index (χ2n) is 4.24. The molecule has 2 aliphatic rings. The summed E-state index contributed by atoms with van der Waals surface area (Å²) in [4.78, 5) is 15.8. The number of hydrogen-bond donors (Lipinski definition) is 1. The fourth-order valence-electron chi connectivity index (χ4n) is 2.03. The van der Waals surface area contributed by atoms with Crippen LogP contribution in [0.25, 0.3) is 0 Å². The van der Waals surface area contributed by atoms with Crippen molar-refractivity contribution in [3.05, 3.63) is 47.7 Å². The third-order valence-corrected chi connectivity index (χ3v) is 2.93. The van der Waals surface area contributed by atoms with E-state index in [9.17, 15) is 9.90 Å². The Hall–Kier alpha value is -2.36. The van der Waals surface area contributed by atoms with E-state index in [4.69, 9.17) is 4.74 Å². The molecule has 0 bridgehead atoms. The SMILES string of the molecule is CC1OC2=CC(=O)C=CC2=Nc2ccc(O)cc21. The quantitative estimate of drug-likeness (QED) is 0.710. The van der Waals surface area contributed by atoms with Crippen molar-refractivity contribution in [3.63, 3.8) is 0 Å². The molecule has 90 valence electrons. The van der Waals surface area contributed by atoms with Crippen LogP contribution in [0.5, 0.6) is 5.75 Å². The lowest BCUT2D eigenvalue weighted by Gasteiger charge is -2.16. The Morgan fingerprint density at radius 1 is 1.33 bits per heavy atom. The number of allylic oxidation sites excluding steroid dienone is 3. The molecule has 3 rings (SSSR count). The summed E-state index contributed by atoms with van der Waals surface area (Å²) in [6, 6.07) is 4.96. The van der Waals surface area contributed by atoms with E-state index in [0.29, 0.717) is 11.5 Å². The number of aromatic hydroxyl groups is 1. The number of ether oxygens (including phenoxy) is 1. The van der Waals surface area contributed by atoms with Crippen molar-refractivity contribution in [2.45, 2.75) is 13.0 Å². The van der Waals surface area contributed by atoms with E-state index in [0.717, 1.165) is 11.3 Å². The number of aliphatic imine (C=N–C) groups is 1. The van der Waals surface area contributed by atoms with Crippen LogP contribution >= 0.6 is 0 Å². The van der Waals surface area contributed by atoms with Gasteiger partial charge in [-0.1, -0.05) is 0 Å². The Morgan fingerprint density at radius 3 is 3.00 bits per heavy atom. The minimum atomic E-state index is -0.265. The Balaban J connectivity index is 2.16. The monoisotopic (exact) mass is 241 g/mol. The van der Waals surface area contributed by atoms with Crippen molar-refractivity contribution in [1.82, 2.24) is 0 Å². The molecule has 0 spiro atoms. The first-order valence-corrected chi connectivity index (χ1v) is 5.66. The Bertz CT molecular complexity index is 626. The molecule has 0 radical (unpaired) electrons. The van der Waals surface area contributed by atoms with Crippen LogP contribution in [0.2, 0.25) is 0 Å². The maximum absolute atomic E-state index is 11.3. The lowest BCUT2D eigenvalue weighted by molar-refractivity contribution is -0.110. The van der Waals surface area contributed by atoms with E-state index in [1.807, 2.05) is 6.92 Å². The van der Waals surface area contributed by atoms with Gasteiger partial charge in [0.1, 0.15) is 23.3 Å². The van der Waals surface area contributed by atoms with Crippen molar-refractivity contribution < 1.29 is 14.6 Å². The molecule has 1 N–H and O–H groups in total. The molecule has 18 heavy (non-hydrogen) atoms. The first-order valence-electron chi connectivity index (χ1n) is 5.66. The molecule has 0 amide bonds. The molecule has 1 aromatic carbocycles. The van der Waals surface area contributed by atoms with Crippen LogP contribution in [0.3, 0.4) is 0 Å². The van der Waals surface area contributed by atoms with Crippen LogP contribution in [0, 0.1) is 0 Å². The van der Waals surface area contributed by atoms with E-state index >= 15 is 0 Å². The molecule has 1 heterocycles. The van der Waals surface area contributed by atoms with Crippen LogP contribution in [0.1, 0.15) is 18.6 Å². The second kappa shape index (κ2) is 3.84. The number of carbonyl (C=O) groups excluding carboxylic acids is 1. The Kier molecular flexibility index (Phi) is 2.30. The molecule has 4 nitrogen and oxygen atoms in total. The lowest BCUT2D eigenvalue weighted by Crippen LogP contribution is -2.10. The van der Waals surface area contributed by atoms with Gasteiger partial charge in [0.05, 0.1) is 5.69 Å². The summed E-state index contributed by atoms with van der Waals surface area (Å²) in [7, 11) is 0. The number of phenols is 1. The number of rotatable bonds is 0. The summed E-state index contributed by atoms with van der Waals surface area (Å²) in [6.45, 7) is 1.86. The number of fused-ring (bicyclic) bond motifs is 2. The molecule has 0 fully saturated rings. The zero-order valence-corrected chi connectivity index (χ0v) is 9.75. The van der Waals surface area contributed by atoms with Gasteiger partial charge < -0.3 is 9.84 Å². The average molecular weight is 241 g/mol. The highest BCUT2D eigenvalue weighted by molar-refractivity contribution is 6.19. The van der Waals surface area contributed by atoms with Gasteiger partial charge in [-0.15, -0.1) is 0 Å². The van der Waals surface area contributed by atoms with Gasteiger partial charge >= 0.3 is 0 Å². The van der Waals surface area contributed by atoms with Gasteiger partial charge in [-0.3, -0.25) is 4.79 Å². The highest BCUT2D eigenvalue weighted by Crippen LogP contribution is 2.36. The Morgan fingerprint density at radius 2 is 2.17 bits per heavy atom. The number of hydrogen-bond acceptors (Lipinski definition) is 4. The van der Waals surface area contributed by atoms with E-state index < -0.39 is 0 Å². The van der Waals surface area contributed by atoms with Gasteiger partial charge in [-0.2, -0.15) is 0 Å². The standard InChI is InChI=1S/C14H11NO3/c1-8-11-6-9(16)2-4-12(11)15-13-5-3-10(17)7-14(13)18-8/h2-8,16H,1H3. The molecule has 1 aliphatic carbocycles. The number of carbonyl (C=O) groups is 1. The van der Waals surface area contributed by atoms with Crippen molar-refractivity contribution in [1.29, 1.82) is 0 Å². The first-order chi connectivity index (χ1) is 8.63. The normalized spacial score (nSPS) is 21.2. The number of phenolic OH excluding ortho intramolecular Hbond substituents is 1. The van der Waals surface area contributed by atoms with Gasteiger partial charge in [-0.05, 0) is 37.3 Å². The van der Waals surface area contributed by atoms with Crippen LogP contribution in [-0.4, -0.2) is 16.6 Å². The van der Waals surface area contributed by atoms with Crippen molar-refractivity contribution in [2.75, 3.05) is 0 Å². The molecule has 0 saturated heterocycles. The van der Waals surface area contributed by atoms with Crippen LogP contribution < -0.4 is 0 Å². The third kappa shape index (κ3) is 1.72. The molecular formula is C14H11NO3. The van der Waals surface area contributed by atoms with Crippen molar-refractivity contribution in [3.8, 4) is 5.75 Å². The topological polar surface area (TPSA) is 58.9 Å². The van der Waals surface area contributed by atoms with E-state index in [1.54, 1.807) is 24.3 Å². The van der Waals surface area contributed by atoms with Gasteiger partial charge in [-0.25, -0.2) is 4.99 Å². The van der Waals surface area contributed by atoms with Crippen molar-refractivity contribution >= 4 is 17.2 Å². The predicted molar refractivity (Wildman–Crippen MR) is 66.9 cm³/mol. The second-order valence-corrected chi connectivity index (χ2v) is 4.24. The summed E-state index contributed by atoms with van der Waals surface area (Å²) in [5, 5.41) is 9.51. The molecule has 1 atom stereocenters. The highest BCUT2D eigenvalue weighted by atomic mass is 16.5. The van der Waals surface area contributed by atoms with E-state index in [-0.39, 0.29) is 17.6 Å². The molecule has 1 unspecified atom stereocenters. The van der Waals surface area contributed by atoms with Gasteiger partial charge in [0.15, 0.2) is 5.78 Å². The maximum Gasteiger partial charge on any atom is 0.182 e. The summed E-state index contributed by atoms with van der Waals surface area (Å²) < 4.78 is 5.71. The van der Waals surface area contributed by atoms with Crippen molar-refractivity contribution in [2.24, 2.45) is 4.99 Å². The Labute approximate surface area is 104 Å². The summed E-state index contributed by atoms with van der Waals surface area (Å²) in [6.07, 6.45) is 4.27. The van der Waals surface area contributed by atoms with Gasteiger partial charge in [0.25, 0.3) is 0 Å². The molecule has 0 saturated carbocycles. The van der Waals surface area contributed by atoms with E-state index in [2.05, 4.69) is 4.99 Å². The minimum absolute atomic E-state index is 0.107. The lowest BCUT2D eigenvalue weighted by atomic mass is 10.1. The average Bonchev–Trinajstić information content (AvgIpc) is 2.46. The molecule has 4 heteroatoms. The molecule has 0 aromatic heterocycles. The largest absolute Gasteiger partial charge is 0.508 e. The molecule has 1 aromatic rings. The van der Waals surface area contributed by atoms with Crippen LogP contribution in [-0.2, 0) is 9.53 Å². The zero-order chi connectivity index (χ0) is 12.7. The number of benzene rings is 1. The number of nitrogens with zero attached hydrogens (tertiary/aromatic N) is 1. The van der Waals surface area contributed by atoms with Crippen LogP contribution in [0.4, 0.5) is 5.69 Å². The highest BCUT2D eigenvalue weighted by Gasteiger charge is 2.23. The fourth-order valence-corrected chi connectivity index (χ4v) is 2.03. The third-order valence-electron chi connectivity index (χ3n) is 2.93. The fraction of sp³-hybridized carbons (Fsp3) is 0.143. The summed E-state index contributed by atoms with van der Waals surface area (Å²) >= 11 is 0. The van der Waals surface area contributed by atoms with Gasteiger partial charge in [0, 0.05) is 11.6 Å². The first kappa shape index (κ1) is 10.8. The number of ketones is 1. The molecule has 1 aliphatic heterocycles. The maximum atomic E-state index is 11.3. The molecular weight excluding hydrogens is 230 g/mol. The zero-order valence-electron chi connectivity index (χ0n) is 9.75.